The third-order valence-corrected chi connectivity index (χ3v) is 2.96. The number of methoxy groups -OCH3 is 1. The fourth-order valence-corrected chi connectivity index (χ4v) is 1.71. The summed E-state index contributed by atoms with van der Waals surface area (Å²) in [6, 6.07) is 7.62. The first-order valence-corrected chi connectivity index (χ1v) is 7.47. The van der Waals surface area contributed by atoms with Crippen molar-refractivity contribution >= 4 is 15.9 Å². The Morgan fingerprint density at radius 2 is 1.63 bits per heavy atom. The van der Waals surface area contributed by atoms with Crippen molar-refractivity contribution in [2.75, 3.05) is 52.4 Å². The monoisotopic (exact) mass is 331 g/mol. The number of nitrogens with zero attached hydrogens (tertiary/aromatic N) is 1. The summed E-state index contributed by atoms with van der Waals surface area (Å²) in [5.41, 5.74) is 0. The van der Waals surface area contributed by atoms with Crippen LogP contribution in [0.25, 0.3) is 0 Å². The Morgan fingerprint density at radius 3 is 2.26 bits per heavy atom. The minimum Gasteiger partial charge on any atom is -0.497 e. The molecule has 0 aliphatic carbocycles. The minimum absolute atomic E-state index is 0.668. The number of rotatable bonds is 10. The lowest BCUT2D eigenvalue weighted by molar-refractivity contribution is 0.119. The molecule has 0 unspecified atom stereocenters. The van der Waals surface area contributed by atoms with E-state index in [0.717, 1.165) is 43.1 Å². The minimum atomic E-state index is 0.668. The van der Waals surface area contributed by atoms with Crippen LogP contribution in [0.4, 0.5) is 0 Å². The molecule has 19 heavy (non-hydrogen) atoms. The van der Waals surface area contributed by atoms with Gasteiger partial charge >= 0.3 is 0 Å². The summed E-state index contributed by atoms with van der Waals surface area (Å²) in [5, 5.41) is 0.886. The SMILES string of the molecule is COc1ccc(OCCN(C)CCOCCBr)cc1. The van der Waals surface area contributed by atoms with Gasteiger partial charge in [0.15, 0.2) is 0 Å². The molecular formula is C14H22BrNO3. The Balaban J connectivity index is 2.11. The van der Waals surface area contributed by atoms with E-state index in [9.17, 15) is 0 Å². The van der Waals surface area contributed by atoms with Gasteiger partial charge in [0.1, 0.15) is 18.1 Å². The highest BCUT2D eigenvalue weighted by atomic mass is 79.9. The van der Waals surface area contributed by atoms with Gasteiger partial charge in [-0.05, 0) is 31.3 Å². The first kappa shape index (κ1) is 16.3. The summed E-state index contributed by atoms with van der Waals surface area (Å²) < 4.78 is 16.2. The topological polar surface area (TPSA) is 30.9 Å². The summed E-state index contributed by atoms with van der Waals surface area (Å²) in [7, 11) is 3.72. The molecule has 1 aromatic rings. The Hall–Kier alpha value is -0.780. The van der Waals surface area contributed by atoms with Crippen LogP contribution >= 0.6 is 15.9 Å². The first-order chi connectivity index (χ1) is 9.26. The van der Waals surface area contributed by atoms with Gasteiger partial charge in [-0.15, -0.1) is 0 Å². The van der Waals surface area contributed by atoms with Crippen LogP contribution < -0.4 is 9.47 Å². The highest BCUT2D eigenvalue weighted by Crippen LogP contribution is 2.16. The summed E-state index contributed by atoms with van der Waals surface area (Å²) in [6.07, 6.45) is 0. The van der Waals surface area contributed by atoms with Crippen molar-refractivity contribution in [2.45, 2.75) is 0 Å². The van der Waals surface area contributed by atoms with E-state index in [2.05, 4.69) is 27.9 Å². The summed E-state index contributed by atoms with van der Waals surface area (Å²) in [4.78, 5) is 2.19. The Bertz CT molecular complexity index is 332. The van der Waals surface area contributed by atoms with Crippen LogP contribution in [-0.2, 0) is 4.74 Å². The lowest BCUT2D eigenvalue weighted by Crippen LogP contribution is -2.28. The van der Waals surface area contributed by atoms with Crippen LogP contribution in [0, 0.1) is 0 Å². The third-order valence-electron chi connectivity index (χ3n) is 2.64. The van der Waals surface area contributed by atoms with E-state index in [4.69, 9.17) is 14.2 Å². The molecule has 0 bridgehead atoms. The Kier molecular flexibility index (Phi) is 8.62. The molecule has 0 atom stereocenters. The van der Waals surface area contributed by atoms with Gasteiger partial charge in [0.05, 0.1) is 20.3 Å². The quantitative estimate of drug-likeness (QED) is 0.486. The summed E-state index contributed by atoms with van der Waals surface area (Å²) in [5.74, 6) is 1.71. The maximum Gasteiger partial charge on any atom is 0.119 e. The highest BCUT2D eigenvalue weighted by Gasteiger charge is 2.00. The predicted molar refractivity (Wildman–Crippen MR) is 80.6 cm³/mol. The molecular weight excluding hydrogens is 310 g/mol. The van der Waals surface area contributed by atoms with E-state index < -0.39 is 0 Å². The van der Waals surface area contributed by atoms with Gasteiger partial charge in [0.2, 0.25) is 0 Å². The van der Waals surface area contributed by atoms with Crippen molar-refractivity contribution in [1.82, 2.24) is 4.90 Å². The fourth-order valence-electron chi connectivity index (χ4n) is 1.48. The molecule has 1 rings (SSSR count). The van der Waals surface area contributed by atoms with Gasteiger partial charge in [-0.2, -0.15) is 0 Å². The molecule has 5 heteroatoms. The maximum atomic E-state index is 5.66. The average Bonchev–Trinajstić information content (AvgIpc) is 2.44. The number of ether oxygens (including phenoxy) is 3. The van der Waals surface area contributed by atoms with Crippen LogP contribution in [-0.4, -0.2) is 57.3 Å². The number of alkyl halides is 1. The molecule has 0 aliphatic heterocycles. The number of hydrogen-bond donors (Lipinski definition) is 0. The van der Waals surface area contributed by atoms with E-state index in [0.29, 0.717) is 6.61 Å². The molecule has 1 aromatic carbocycles. The zero-order chi connectivity index (χ0) is 13.9. The standard InChI is InChI=1S/C14H22BrNO3/c1-16(8-11-18-10-7-15)9-12-19-14-5-3-13(17-2)4-6-14/h3-6H,7-12H2,1-2H3. The lowest BCUT2D eigenvalue weighted by atomic mass is 10.3. The van der Waals surface area contributed by atoms with E-state index in [1.54, 1.807) is 7.11 Å². The fraction of sp³-hybridized carbons (Fsp3) is 0.571. The lowest BCUT2D eigenvalue weighted by Gasteiger charge is -2.16. The van der Waals surface area contributed by atoms with Crippen molar-refractivity contribution in [3.8, 4) is 11.5 Å². The summed E-state index contributed by atoms with van der Waals surface area (Å²) in [6.45, 7) is 3.98. The van der Waals surface area contributed by atoms with E-state index in [-0.39, 0.29) is 0 Å². The van der Waals surface area contributed by atoms with Crippen molar-refractivity contribution in [1.29, 1.82) is 0 Å². The smallest absolute Gasteiger partial charge is 0.119 e. The van der Waals surface area contributed by atoms with E-state index in [1.165, 1.54) is 0 Å². The first-order valence-electron chi connectivity index (χ1n) is 6.35. The van der Waals surface area contributed by atoms with Crippen LogP contribution in [0.1, 0.15) is 0 Å². The molecule has 0 amide bonds. The van der Waals surface area contributed by atoms with Gasteiger partial charge in [0, 0.05) is 18.4 Å². The van der Waals surface area contributed by atoms with Crippen LogP contribution in [0.15, 0.2) is 24.3 Å². The van der Waals surface area contributed by atoms with Gasteiger partial charge in [-0.25, -0.2) is 0 Å². The predicted octanol–water partition coefficient (Wildman–Crippen LogP) is 2.42. The van der Waals surface area contributed by atoms with Crippen LogP contribution in [0.5, 0.6) is 11.5 Å². The molecule has 0 heterocycles. The zero-order valence-electron chi connectivity index (χ0n) is 11.6. The normalized spacial score (nSPS) is 10.7. The number of likely N-dealkylation sites (N-methyl/N-ethyl adjacent to an activating group) is 1. The largest absolute Gasteiger partial charge is 0.497 e. The summed E-state index contributed by atoms with van der Waals surface area (Å²) >= 11 is 3.33. The van der Waals surface area contributed by atoms with Gasteiger partial charge in [0.25, 0.3) is 0 Å². The zero-order valence-corrected chi connectivity index (χ0v) is 13.2. The second kappa shape index (κ2) is 10.1. The molecule has 108 valence electrons. The van der Waals surface area contributed by atoms with E-state index >= 15 is 0 Å². The second-order valence-corrected chi connectivity index (χ2v) is 4.92. The molecule has 0 saturated carbocycles. The molecule has 0 fully saturated rings. The molecule has 0 spiro atoms. The molecule has 0 N–H and O–H groups in total. The van der Waals surface area contributed by atoms with Crippen LogP contribution in [0.3, 0.4) is 0 Å². The molecule has 0 aromatic heterocycles. The van der Waals surface area contributed by atoms with Gasteiger partial charge in [-0.3, -0.25) is 0 Å². The second-order valence-electron chi connectivity index (χ2n) is 4.13. The number of benzene rings is 1. The van der Waals surface area contributed by atoms with Crippen molar-refractivity contribution < 1.29 is 14.2 Å². The van der Waals surface area contributed by atoms with Gasteiger partial charge in [-0.1, -0.05) is 15.9 Å². The average molecular weight is 332 g/mol. The molecule has 0 aliphatic rings. The Morgan fingerprint density at radius 1 is 1.00 bits per heavy atom. The van der Waals surface area contributed by atoms with Crippen molar-refractivity contribution in [3.63, 3.8) is 0 Å². The third kappa shape index (κ3) is 7.40. The van der Waals surface area contributed by atoms with Crippen LogP contribution in [0.2, 0.25) is 0 Å². The Labute approximate surface area is 123 Å². The maximum absolute atomic E-state index is 5.66. The molecule has 0 saturated heterocycles. The highest BCUT2D eigenvalue weighted by molar-refractivity contribution is 9.09. The van der Waals surface area contributed by atoms with Crippen molar-refractivity contribution in [3.05, 3.63) is 24.3 Å². The molecule has 4 nitrogen and oxygen atoms in total. The van der Waals surface area contributed by atoms with E-state index in [1.807, 2.05) is 24.3 Å². The number of halogens is 1. The van der Waals surface area contributed by atoms with Crippen molar-refractivity contribution in [2.24, 2.45) is 0 Å². The number of hydrogen-bond acceptors (Lipinski definition) is 4. The molecule has 0 radical (unpaired) electrons. The van der Waals surface area contributed by atoms with Gasteiger partial charge < -0.3 is 19.1 Å².